The second kappa shape index (κ2) is 10.5. The summed E-state index contributed by atoms with van der Waals surface area (Å²) in [6, 6.07) is 17.9. The number of halogens is 1. The molecule has 0 aliphatic rings. The molecule has 0 unspecified atom stereocenters. The van der Waals surface area contributed by atoms with Gasteiger partial charge in [-0.05, 0) is 66.1 Å². The van der Waals surface area contributed by atoms with E-state index in [0.29, 0.717) is 23.4 Å². The van der Waals surface area contributed by atoms with Crippen LogP contribution in [0.15, 0.2) is 77.7 Å². The molecular formula is C25H26FNO5S. The molecule has 1 amide bonds. The number of carbonyl (C=O) groups is 1. The second-order valence-electron chi connectivity index (χ2n) is 7.95. The summed E-state index contributed by atoms with van der Waals surface area (Å²) in [5.41, 5.74) is 1.21. The molecule has 3 rings (SSSR count). The summed E-state index contributed by atoms with van der Waals surface area (Å²) in [5.74, 6) is 0.217. The van der Waals surface area contributed by atoms with Crippen LogP contribution in [0.4, 0.5) is 4.39 Å². The van der Waals surface area contributed by atoms with Crippen LogP contribution in [0.25, 0.3) is 0 Å². The van der Waals surface area contributed by atoms with Crippen LogP contribution in [0.5, 0.6) is 11.5 Å². The summed E-state index contributed by atoms with van der Waals surface area (Å²) >= 11 is 0. The number of nitrogens with zero attached hydrogens (tertiary/aromatic N) is 1. The zero-order valence-electron chi connectivity index (χ0n) is 18.7. The largest absolute Gasteiger partial charge is 0.497 e. The highest BCUT2D eigenvalue weighted by atomic mass is 32.2. The summed E-state index contributed by atoms with van der Waals surface area (Å²) < 4.78 is 48.6. The predicted molar refractivity (Wildman–Crippen MR) is 123 cm³/mol. The minimum absolute atomic E-state index is 0.107. The van der Waals surface area contributed by atoms with Gasteiger partial charge in [-0.3, -0.25) is 4.79 Å². The third kappa shape index (κ3) is 6.55. The normalized spacial score (nSPS) is 11.3. The molecule has 0 aliphatic heterocycles. The van der Waals surface area contributed by atoms with Crippen LogP contribution in [-0.4, -0.2) is 32.9 Å². The van der Waals surface area contributed by atoms with Gasteiger partial charge in [0.05, 0.1) is 7.11 Å². The van der Waals surface area contributed by atoms with Crippen molar-refractivity contribution in [3.05, 3.63) is 89.7 Å². The predicted octanol–water partition coefficient (Wildman–Crippen LogP) is 4.90. The number of carbonyl (C=O) groups excluding carboxylic acids is 1. The first-order valence-corrected chi connectivity index (χ1v) is 11.8. The van der Waals surface area contributed by atoms with Crippen LogP contribution in [0.3, 0.4) is 0 Å². The van der Waals surface area contributed by atoms with E-state index in [2.05, 4.69) is 0 Å². The zero-order chi connectivity index (χ0) is 24.0. The maximum Gasteiger partial charge on any atom is 0.339 e. The van der Waals surface area contributed by atoms with E-state index in [9.17, 15) is 17.6 Å². The Kier molecular flexibility index (Phi) is 7.71. The van der Waals surface area contributed by atoms with Gasteiger partial charge >= 0.3 is 10.1 Å². The molecule has 3 aromatic carbocycles. The van der Waals surface area contributed by atoms with Crippen molar-refractivity contribution in [3.8, 4) is 11.5 Å². The molecule has 0 bridgehead atoms. The quantitative estimate of drug-likeness (QED) is 0.415. The molecule has 0 saturated heterocycles. The lowest BCUT2D eigenvalue weighted by molar-refractivity contribution is 0.0722. The number of hydrogen-bond donors (Lipinski definition) is 0. The summed E-state index contributed by atoms with van der Waals surface area (Å²) in [5, 5.41) is 0. The van der Waals surface area contributed by atoms with Crippen molar-refractivity contribution in [3.63, 3.8) is 0 Å². The fourth-order valence-corrected chi connectivity index (χ4v) is 4.21. The minimum atomic E-state index is -4.12. The third-order valence-electron chi connectivity index (χ3n) is 4.77. The monoisotopic (exact) mass is 471 g/mol. The maximum atomic E-state index is 13.2. The molecule has 3 aromatic rings. The van der Waals surface area contributed by atoms with Crippen molar-refractivity contribution in [2.75, 3.05) is 13.7 Å². The van der Waals surface area contributed by atoms with Gasteiger partial charge in [0.15, 0.2) is 0 Å². The highest BCUT2D eigenvalue weighted by Gasteiger charge is 2.20. The van der Waals surface area contributed by atoms with Gasteiger partial charge in [-0.1, -0.05) is 32.0 Å². The number of methoxy groups -OCH3 is 1. The molecule has 0 heterocycles. The van der Waals surface area contributed by atoms with Crippen LogP contribution in [0.2, 0.25) is 0 Å². The SMILES string of the molecule is COc1cccc(C(=O)N(Cc2cccc(OS(=O)(=O)c3ccc(F)cc3)c2)CC(C)C)c1. The van der Waals surface area contributed by atoms with Gasteiger partial charge in [0.25, 0.3) is 5.91 Å². The smallest absolute Gasteiger partial charge is 0.339 e. The molecule has 0 atom stereocenters. The van der Waals surface area contributed by atoms with Gasteiger partial charge in [-0.25, -0.2) is 4.39 Å². The molecule has 0 N–H and O–H groups in total. The lowest BCUT2D eigenvalue weighted by Gasteiger charge is -2.25. The standard InChI is InChI=1S/C25H26FNO5S/c1-18(2)16-27(25(28)20-7-5-8-22(15-20)31-3)17-19-6-4-9-23(14-19)32-33(29,30)24-12-10-21(26)11-13-24/h4-15,18H,16-17H2,1-3H3. The highest BCUT2D eigenvalue weighted by Crippen LogP contribution is 2.22. The Labute approximate surface area is 193 Å². The first kappa shape index (κ1) is 24.3. The Hall–Kier alpha value is -3.39. The first-order valence-electron chi connectivity index (χ1n) is 10.4. The average Bonchev–Trinajstić information content (AvgIpc) is 2.78. The van der Waals surface area contributed by atoms with E-state index in [-0.39, 0.29) is 29.0 Å². The maximum absolute atomic E-state index is 13.2. The van der Waals surface area contributed by atoms with Gasteiger partial charge in [0, 0.05) is 18.7 Å². The van der Waals surface area contributed by atoms with Crippen LogP contribution in [0.1, 0.15) is 29.8 Å². The number of amides is 1. The Bertz CT molecular complexity index is 1210. The van der Waals surface area contributed by atoms with Crippen molar-refractivity contribution >= 4 is 16.0 Å². The van der Waals surface area contributed by atoms with Crippen molar-refractivity contribution in [1.82, 2.24) is 4.90 Å². The number of benzene rings is 3. The lowest BCUT2D eigenvalue weighted by atomic mass is 10.1. The van der Waals surface area contributed by atoms with Crippen LogP contribution < -0.4 is 8.92 Å². The van der Waals surface area contributed by atoms with Gasteiger partial charge in [0.2, 0.25) is 0 Å². The molecule has 33 heavy (non-hydrogen) atoms. The molecule has 0 aliphatic carbocycles. The molecular weight excluding hydrogens is 445 g/mol. The molecule has 0 radical (unpaired) electrons. The van der Waals surface area contributed by atoms with Gasteiger partial charge in [0.1, 0.15) is 22.2 Å². The Morgan fingerprint density at radius 1 is 0.970 bits per heavy atom. The fourth-order valence-electron chi connectivity index (χ4n) is 3.29. The second-order valence-corrected chi connectivity index (χ2v) is 9.50. The van der Waals surface area contributed by atoms with Crippen LogP contribution >= 0.6 is 0 Å². The molecule has 8 heteroatoms. The van der Waals surface area contributed by atoms with E-state index in [1.807, 2.05) is 13.8 Å². The Balaban J connectivity index is 1.82. The molecule has 0 saturated carbocycles. The van der Waals surface area contributed by atoms with Crippen molar-refractivity contribution in [2.24, 2.45) is 5.92 Å². The fraction of sp³-hybridized carbons (Fsp3) is 0.240. The minimum Gasteiger partial charge on any atom is -0.497 e. The highest BCUT2D eigenvalue weighted by molar-refractivity contribution is 7.87. The van der Waals surface area contributed by atoms with Crippen molar-refractivity contribution in [1.29, 1.82) is 0 Å². The van der Waals surface area contributed by atoms with Crippen molar-refractivity contribution in [2.45, 2.75) is 25.3 Å². The average molecular weight is 472 g/mol. The molecule has 0 fully saturated rings. The summed E-state index contributed by atoms with van der Waals surface area (Å²) in [6.07, 6.45) is 0. The topological polar surface area (TPSA) is 72.9 Å². The van der Waals surface area contributed by atoms with Crippen LogP contribution in [-0.2, 0) is 16.7 Å². The van der Waals surface area contributed by atoms with E-state index in [4.69, 9.17) is 8.92 Å². The van der Waals surface area contributed by atoms with E-state index in [1.54, 1.807) is 54.5 Å². The first-order chi connectivity index (χ1) is 15.7. The van der Waals surface area contributed by atoms with Gasteiger partial charge in [-0.15, -0.1) is 0 Å². The molecule has 174 valence electrons. The van der Waals surface area contributed by atoms with Gasteiger partial charge < -0.3 is 13.8 Å². The molecule has 6 nitrogen and oxygen atoms in total. The summed E-state index contributed by atoms with van der Waals surface area (Å²) in [7, 11) is -2.58. The lowest BCUT2D eigenvalue weighted by Crippen LogP contribution is -2.33. The van der Waals surface area contributed by atoms with Crippen LogP contribution in [0, 0.1) is 11.7 Å². The number of rotatable bonds is 9. The number of ether oxygens (including phenoxy) is 1. The Morgan fingerprint density at radius 3 is 2.30 bits per heavy atom. The van der Waals surface area contributed by atoms with E-state index < -0.39 is 15.9 Å². The molecule has 0 aromatic heterocycles. The van der Waals surface area contributed by atoms with E-state index in [0.717, 1.165) is 24.3 Å². The third-order valence-corrected chi connectivity index (χ3v) is 6.03. The van der Waals surface area contributed by atoms with Gasteiger partial charge in [-0.2, -0.15) is 8.42 Å². The van der Waals surface area contributed by atoms with E-state index >= 15 is 0 Å². The summed E-state index contributed by atoms with van der Waals surface area (Å²) in [4.78, 5) is 14.7. The molecule has 0 spiro atoms. The summed E-state index contributed by atoms with van der Waals surface area (Å²) in [6.45, 7) is 4.80. The zero-order valence-corrected chi connectivity index (χ0v) is 19.5. The Morgan fingerprint density at radius 2 is 1.64 bits per heavy atom. The number of hydrogen-bond acceptors (Lipinski definition) is 5. The van der Waals surface area contributed by atoms with Crippen molar-refractivity contribution < 1.29 is 26.5 Å². The van der Waals surface area contributed by atoms with E-state index in [1.165, 1.54) is 6.07 Å².